The molecule has 0 aliphatic carbocycles. The van der Waals surface area contributed by atoms with E-state index in [-0.39, 0.29) is 5.70 Å². The highest BCUT2D eigenvalue weighted by Gasteiger charge is 1.94. The van der Waals surface area contributed by atoms with Gasteiger partial charge < -0.3 is 4.90 Å². The maximum absolute atomic E-state index is 12.4. The van der Waals surface area contributed by atoms with Crippen LogP contribution in [-0.2, 0) is 0 Å². The molecule has 0 N–H and O–H groups in total. The molecule has 0 heterocycles. The lowest BCUT2D eigenvalue weighted by molar-refractivity contribution is 0.527. The molecule has 0 aromatic rings. The topological polar surface area (TPSA) is 15.6 Å². The van der Waals surface area contributed by atoms with Gasteiger partial charge in [0.1, 0.15) is 5.83 Å². The zero-order chi connectivity index (χ0) is 11.7. The van der Waals surface area contributed by atoms with E-state index in [1.165, 1.54) is 6.34 Å². The molecule has 3 heteroatoms. The van der Waals surface area contributed by atoms with Gasteiger partial charge in [-0.25, -0.2) is 9.38 Å². The first-order valence-corrected chi connectivity index (χ1v) is 4.63. The van der Waals surface area contributed by atoms with Gasteiger partial charge in [0.05, 0.1) is 12.0 Å². The molecule has 0 radical (unpaired) electrons. The van der Waals surface area contributed by atoms with E-state index in [2.05, 4.69) is 24.7 Å². The number of nitrogens with zero attached hydrogens (tertiary/aromatic N) is 2. The van der Waals surface area contributed by atoms with Crippen LogP contribution in [0.4, 0.5) is 4.39 Å². The Morgan fingerprint density at radius 2 is 2.13 bits per heavy atom. The molecule has 15 heavy (non-hydrogen) atoms. The third kappa shape index (κ3) is 7.43. The molecule has 82 valence electrons. The number of hydrogen-bond donors (Lipinski definition) is 0. The normalized spacial score (nSPS) is 10.8. The molecule has 0 aromatic heterocycles. The summed E-state index contributed by atoms with van der Waals surface area (Å²) in [7, 11) is 1.86. The van der Waals surface area contributed by atoms with Crippen molar-refractivity contribution in [3.05, 3.63) is 49.5 Å². The SMILES string of the molecule is C=C/C=C\CCN(C)/C=N\C(=C)C(=C)F. The third-order valence-electron chi connectivity index (χ3n) is 1.64. The van der Waals surface area contributed by atoms with Gasteiger partial charge in [0.15, 0.2) is 0 Å². The van der Waals surface area contributed by atoms with Crippen molar-refractivity contribution in [2.75, 3.05) is 13.6 Å². The van der Waals surface area contributed by atoms with Gasteiger partial charge in [0, 0.05) is 13.6 Å². The van der Waals surface area contributed by atoms with Crippen molar-refractivity contribution in [2.24, 2.45) is 4.99 Å². The summed E-state index contributed by atoms with van der Waals surface area (Å²) in [4.78, 5) is 5.66. The van der Waals surface area contributed by atoms with E-state index < -0.39 is 5.83 Å². The fourth-order valence-electron chi connectivity index (χ4n) is 0.767. The lowest BCUT2D eigenvalue weighted by Gasteiger charge is -2.10. The van der Waals surface area contributed by atoms with Crippen molar-refractivity contribution in [1.82, 2.24) is 4.90 Å². The second-order valence-corrected chi connectivity index (χ2v) is 3.03. The van der Waals surface area contributed by atoms with Crippen LogP contribution < -0.4 is 0 Å². The van der Waals surface area contributed by atoms with E-state index in [9.17, 15) is 4.39 Å². The minimum Gasteiger partial charge on any atom is -0.365 e. The van der Waals surface area contributed by atoms with Crippen LogP contribution in [0.2, 0.25) is 0 Å². The van der Waals surface area contributed by atoms with Crippen molar-refractivity contribution in [1.29, 1.82) is 0 Å². The lowest BCUT2D eigenvalue weighted by Crippen LogP contribution is -2.16. The number of rotatable bonds is 7. The average molecular weight is 208 g/mol. The van der Waals surface area contributed by atoms with Crippen LogP contribution in [0.25, 0.3) is 0 Å². The van der Waals surface area contributed by atoms with Gasteiger partial charge in [-0.1, -0.05) is 38.0 Å². The molecule has 0 saturated heterocycles. The van der Waals surface area contributed by atoms with Crippen molar-refractivity contribution in [3.8, 4) is 0 Å². The second kappa shape index (κ2) is 7.74. The Morgan fingerprint density at radius 3 is 2.67 bits per heavy atom. The van der Waals surface area contributed by atoms with Gasteiger partial charge in [0.25, 0.3) is 0 Å². The molecule has 0 aliphatic heterocycles. The fraction of sp³-hybridized carbons (Fsp3) is 0.250. The molecular formula is C12H17FN2. The molecule has 0 aliphatic rings. The summed E-state index contributed by atoms with van der Waals surface area (Å²) in [6.45, 7) is 10.9. The first-order valence-electron chi connectivity index (χ1n) is 4.63. The van der Waals surface area contributed by atoms with E-state index in [4.69, 9.17) is 0 Å². The Kier molecular flexibility index (Phi) is 6.89. The Bertz CT molecular complexity index is 290. The second-order valence-electron chi connectivity index (χ2n) is 3.03. The minimum absolute atomic E-state index is 0.0588. The smallest absolute Gasteiger partial charge is 0.141 e. The Hall–Kier alpha value is -1.64. The van der Waals surface area contributed by atoms with Gasteiger partial charge in [-0.05, 0) is 6.42 Å². The molecular weight excluding hydrogens is 191 g/mol. The first-order chi connectivity index (χ1) is 7.07. The van der Waals surface area contributed by atoms with Gasteiger partial charge in [-0.2, -0.15) is 0 Å². The van der Waals surface area contributed by atoms with Gasteiger partial charge in [-0.3, -0.25) is 0 Å². The summed E-state index contributed by atoms with van der Waals surface area (Å²) < 4.78 is 12.4. The molecule has 0 rings (SSSR count). The minimum atomic E-state index is -0.605. The average Bonchev–Trinajstić information content (AvgIpc) is 2.20. The van der Waals surface area contributed by atoms with Gasteiger partial charge >= 0.3 is 0 Å². The largest absolute Gasteiger partial charge is 0.365 e. The van der Waals surface area contributed by atoms with E-state index in [0.29, 0.717) is 0 Å². The lowest BCUT2D eigenvalue weighted by atomic mass is 10.3. The van der Waals surface area contributed by atoms with Crippen LogP contribution >= 0.6 is 0 Å². The van der Waals surface area contributed by atoms with Crippen molar-refractivity contribution >= 4 is 6.34 Å². The van der Waals surface area contributed by atoms with Crippen molar-refractivity contribution in [3.63, 3.8) is 0 Å². The number of halogens is 1. The molecule has 0 bridgehead atoms. The van der Waals surface area contributed by atoms with Crippen LogP contribution in [0.1, 0.15) is 6.42 Å². The maximum atomic E-state index is 12.4. The highest BCUT2D eigenvalue weighted by atomic mass is 19.1. The Morgan fingerprint density at radius 1 is 1.47 bits per heavy atom. The summed E-state index contributed by atoms with van der Waals surface area (Å²) >= 11 is 0. The van der Waals surface area contributed by atoms with E-state index >= 15 is 0 Å². The van der Waals surface area contributed by atoms with Crippen molar-refractivity contribution in [2.45, 2.75) is 6.42 Å². The van der Waals surface area contributed by atoms with Crippen LogP contribution in [0, 0.1) is 0 Å². The maximum Gasteiger partial charge on any atom is 0.141 e. The standard InChI is InChI=1S/C12H17FN2/c1-5-6-7-8-9-15(4)10-14-12(3)11(2)13/h5-7,10H,1-3,8-9H2,4H3/b7-6-,14-10-. The summed E-state index contributed by atoms with van der Waals surface area (Å²) in [5.41, 5.74) is 0.0588. The highest BCUT2D eigenvalue weighted by Crippen LogP contribution is 2.06. The molecule has 0 saturated carbocycles. The van der Waals surface area contributed by atoms with E-state index in [1.54, 1.807) is 6.08 Å². The predicted molar refractivity (Wildman–Crippen MR) is 64.5 cm³/mol. The third-order valence-corrected chi connectivity index (χ3v) is 1.64. The van der Waals surface area contributed by atoms with Gasteiger partial charge in [0.2, 0.25) is 0 Å². The molecule has 2 nitrogen and oxygen atoms in total. The first kappa shape index (κ1) is 13.4. The van der Waals surface area contributed by atoms with Crippen LogP contribution in [0.5, 0.6) is 0 Å². The van der Waals surface area contributed by atoms with E-state index in [0.717, 1.165) is 13.0 Å². The van der Waals surface area contributed by atoms with Crippen LogP contribution in [0.3, 0.4) is 0 Å². The van der Waals surface area contributed by atoms with E-state index in [1.807, 2.05) is 24.1 Å². The van der Waals surface area contributed by atoms with Crippen molar-refractivity contribution < 1.29 is 4.39 Å². The fourth-order valence-corrected chi connectivity index (χ4v) is 0.767. The number of aliphatic imine (C=N–C) groups is 1. The predicted octanol–water partition coefficient (Wildman–Crippen LogP) is 3.08. The summed E-state index contributed by atoms with van der Waals surface area (Å²) in [5, 5.41) is 0. The number of allylic oxidation sites excluding steroid dienone is 3. The molecule has 0 atom stereocenters. The molecule has 0 spiro atoms. The highest BCUT2D eigenvalue weighted by molar-refractivity contribution is 5.57. The zero-order valence-electron chi connectivity index (χ0n) is 9.12. The van der Waals surface area contributed by atoms with Crippen LogP contribution in [-0.4, -0.2) is 24.8 Å². The quantitative estimate of drug-likeness (QED) is 0.356. The monoisotopic (exact) mass is 208 g/mol. The molecule has 0 aromatic carbocycles. The summed E-state index contributed by atoms with van der Waals surface area (Å²) in [5.74, 6) is -0.605. The Balaban J connectivity index is 3.87. The van der Waals surface area contributed by atoms with Gasteiger partial charge in [-0.15, -0.1) is 0 Å². The van der Waals surface area contributed by atoms with Crippen LogP contribution in [0.15, 0.2) is 54.5 Å². The zero-order valence-corrected chi connectivity index (χ0v) is 9.12. The molecule has 0 unspecified atom stereocenters. The summed E-state index contributed by atoms with van der Waals surface area (Å²) in [6, 6.07) is 0. The molecule has 0 amide bonds. The Labute approximate surface area is 90.8 Å². The summed E-state index contributed by atoms with van der Waals surface area (Å²) in [6.07, 6.45) is 8.03. The molecule has 0 fully saturated rings. The number of hydrogen-bond acceptors (Lipinski definition) is 1.